The first kappa shape index (κ1) is 9.38. The van der Waals surface area contributed by atoms with Crippen molar-refractivity contribution in [2.75, 3.05) is 12.3 Å². The monoisotopic (exact) mass is 207 g/mol. The van der Waals surface area contributed by atoms with Crippen molar-refractivity contribution in [3.05, 3.63) is 12.0 Å². The van der Waals surface area contributed by atoms with Crippen molar-refractivity contribution in [2.24, 2.45) is 0 Å². The Hall–Kier alpha value is -2.18. The van der Waals surface area contributed by atoms with Crippen LogP contribution in [0, 0.1) is 0 Å². The van der Waals surface area contributed by atoms with Gasteiger partial charge in [-0.1, -0.05) is 0 Å². The summed E-state index contributed by atoms with van der Waals surface area (Å²) < 4.78 is 4.83. The van der Waals surface area contributed by atoms with Crippen LogP contribution in [0.25, 0.3) is 11.2 Å². The van der Waals surface area contributed by atoms with Crippen molar-refractivity contribution in [1.82, 2.24) is 19.9 Å². The number of aromatic nitrogens is 4. The highest BCUT2D eigenvalue weighted by Gasteiger charge is 2.16. The zero-order chi connectivity index (χ0) is 10.8. The number of nitrogen functional groups attached to an aromatic ring is 1. The van der Waals surface area contributed by atoms with E-state index in [-0.39, 0.29) is 18.2 Å². The molecule has 0 atom stereocenters. The summed E-state index contributed by atoms with van der Waals surface area (Å²) >= 11 is 0. The van der Waals surface area contributed by atoms with Crippen LogP contribution in [0.4, 0.5) is 5.95 Å². The zero-order valence-corrected chi connectivity index (χ0v) is 8.02. The fourth-order valence-corrected chi connectivity index (χ4v) is 1.20. The van der Waals surface area contributed by atoms with Crippen LogP contribution in [0.1, 0.15) is 17.4 Å². The first-order valence-corrected chi connectivity index (χ1v) is 4.36. The van der Waals surface area contributed by atoms with Gasteiger partial charge in [-0.15, -0.1) is 0 Å². The number of hydrogen-bond acceptors (Lipinski definition) is 6. The number of carbonyl (C=O) groups excluding carboxylic acids is 1. The van der Waals surface area contributed by atoms with Gasteiger partial charge in [-0.3, -0.25) is 0 Å². The highest BCUT2D eigenvalue weighted by molar-refractivity contribution is 5.99. The molecular formula is C8H9N5O2. The van der Waals surface area contributed by atoms with Crippen LogP contribution in [0.15, 0.2) is 6.33 Å². The highest BCUT2D eigenvalue weighted by atomic mass is 16.5. The molecule has 0 radical (unpaired) electrons. The standard InChI is InChI=1S/C8H9N5O2/c1-2-15-7(14)5-4-6(11-3-10-4)13-8(9)12-5/h3H,2H2,1H3,(H3,9,10,11,12,13). The predicted molar refractivity (Wildman–Crippen MR) is 52.1 cm³/mol. The topological polar surface area (TPSA) is 107 Å². The maximum absolute atomic E-state index is 11.5. The summed E-state index contributed by atoms with van der Waals surface area (Å²) in [5.74, 6) is -0.543. The molecule has 0 fully saturated rings. The maximum Gasteiger partial charge on any atom is 0.359 e. The molecule has 2 heterocycles. The first-order chi connectivity index (χ1) is 7.22. The molecule has 0 saturated heterocycles. The molecule has 0 aromatic carbocycles. The van der Waals surface area contributed by atoms with Gasteiger partial charge in [0.05, 0.1) is 12.9 Å². The van der Waals surface area contributed by atoms with Crippen molar-refractivity contribution in [2.45, 2.75) is 6.92 Å². The number of carbonyl (C=O) groups is 1. The molecular weight excluding hydrogens is 198 g/mol. The number of anilines is 1. The van der Waals surface area contributed by atoms with Crippen LogP contribution in [0.5, 0.6) is 0 Å². The minimum absolute atomic E-state index is 0.00217. The van der Waals surface area contributed by atoms with E-state index in [1.807, 2.05) is 0 Å². The number of aromatic amines is 1. The van der Waals surface area contributed by atoms with Gasteiger partial charge in [0.15, 0.2) is 11.3 Å². The van der Waals surface area contributed by atoms with Gasteiger partial charge in [-0.25, -0.2) is 14.8 Å². The maximum atomic E-state index is 11.5. The van der Waals surface area contributed by atoms with E-state index in [4.69, 9.17) is 10.5 Å². The van der Waals surface area contributed by atoms with Crippen LogP contribution >= 0.6 is 0 Å². The summed E-state index contributed by atoms with van der Waals surface area (Å²) in [6.07, 6.45) is 1.42. The van der Waals surface area contributed by atoms with E-state index in [9.17, 15) is 4.79 Å². The number of nitrogens with two attached hydrogens (primary N) is 1. The Kier molecular flexibility index (Phi) is 2.20. The van der Waals surface area contributed by atoms with Crippen molar-refractivity contribution < 1.29 is 9.53 Å². The third-order valence-electron chi connectivity index (χ3n) is 1.77. The van der Waals surface area contributed by atoms with E-state index in [1.165, 1.54) is 6.33 Å². The van der Waals surface area contributed by atoms with Crippen LogP contribution in [0.2, 0.25) is 0 Å². The summed E-state index contributed by atoms with van der Waals surface area (Å²) in [4.78, 5) is 25.8. The average Bonchev–Trinajstić information content (AvgIpc) is 2.64. The summed E-state index contributed by atoms with van der Waals surface area (Å²) in [7, 11) is 0. The number of esters is 1. The van der Waals surface area contributed by atoms with E-state index in [0.29, 0.717) is 11.2 Å². The SMILES string of the molecule is CCOC(=O)c1nc(N)nc2nc[nH]c12. The average molecular weight is 207 g/mol. The normalized spacial score (nSPS) is 10.5. The Labute approximate surface area is 84.7 Å². The third-order valence-corrected chi connectivity index (χ3v) is 1.77. The minimum atomic E-state index is -0.541. The quantitative estimate of drug-likeness (QED) is 0.677. The number of rotatable bonds is 2. The molecule has 78 valence electrons. The molecule has 0 unspecified atom stereocenters. The largest absolute Gasteiger partial charge is 0.461 e. The van der Waals surface area contributed by atoms with Gasteiger partial charge in [0.1, 0.15) is 5.52 Å². The summed E-state index contributed by atoms with van der Waals surface area (Å²) in [5, 5.41) is 0. The van der Waals surface area contributed by atoms with Gasteiger partial charge >= 0.3 is 5.97 Å². The molecule has 2 rings (SSSR count). The third kappa shape index (κ3) is 1.58. The molecule has 2 aromatic rings. The van der Waals surface area contributed by atoms with Crippen molar-refractivity contribution >= 4 is 23.1 Å². The Morgan fingerprint density at radius 3 is 3.13 bits per heavy atom. The number of imidazole rings is 1. The lowest BCUT2D eigenvalue weighted by molar-refractivity contribution is 0.0522. The number of fused-ring (bicyclic) bond motifs is 1. The first-order valence-electron chi connectivity index (χ1n) is 4.36. The molecule has 15 heavy (non-hydrogen) atoms. The van der Waals surface area contributed by atoms with E-state index in [0.717, 1.165) is 0 Å². The molecule has 7 nitrogen and oxygen atoms in total. The number of ether oxygens (including phenoxy) is 1. The summed E-state index contributed by atoms with van der Waals surface area (Å²) in [6.45, 7) is 1.99. The van der Waals surface area contributed by atoms with Crippen molar-refractivity contribution in [3.8, 4) is 0 Å². The van der Waals surface area contributed by atoms with Crippen LogP contribution in [0.3, 0.4) is 0 Å². The Morgan fingerprint density at radius 1 is 1.60 bits per heavy atom. The Morgan fingerprint density at radius 2 is 2.40 bits per heavy atom. The molecule has 0 aliphatic heterocycles. The van der Waals surface area contributed by atoms with E-state index < -0.39 is 5.97 Å². The Balaban J connectivity index is 2.57. The summed E-state index contributed by atoms with van der Waals surface area (Å²) in [5.41, 5.74) is 6.33. The fourth-order valence-electron chi connectivity index (χ4n) is 1.20. The summed E-state index contributed by atoms with van der Waals surface area (Å²) in [6, 6.07) is 0. The number of nitrogens with one attached hydrogen (secondary N) is 1. The van der Waals surface area contributed by atoms with Crippen LogP contribution in [-0.2, 0) is 4.74 Å². The molecule has 2 aromatic heterocycles. The van der Waals surface area contributed by atoms with Gasteiger partial charge < -0.3 is 15.5 Å². The van der Waals surface area contributed by atoms with Gasteiger partial charge in [-0.05, 0) is 6.92 Å². The minimum Gasteiger partial charge on any atom is -0.461 e. The van der Waals surface area contributed by atoms with Gasteiger partial charge in [0, 0.05) is 0 Å². The lowest BCUT2D eigenvalue weighted by atomic mass is 10.3. The van der Waals surface area contributed by atoms with E-state index >= 15 is 0 Å². The predicted octanol–water partition coefficient (Wildman–Crippen LogP) is 0.112. The second-order valence-electron chi connectivity index (χ2n) is 2.75. The number of nitrogens with zero attached hydrogens (tertiary/aromatic N) is 3. The molecule has 0 spiro atoms. The van der Waals surface area contributed by atoms with Crippen LogP contribution < -0.4 is 5.73 Å². The fraction of sp³-hybridized carbons (Fsp3) is 0.250. The smallest absolute Gasteiger partial charge is 0.359 e. The second-order valence-corrected chi connectivity index (χ2v) is 2.75. The molecule has 0 bridgehead atoms. The van der Waals surface area contributed by atoms with Crippen molar-refractivity contribution in [3.63, 3.8) is 0 Å². The molecule has 0 aliphatic carbocycles. The molecule has 0 amide bonds. The van der Waals surface area contributed by atoms with Gasteiger partial charge in [0.25, 0.3) is 0 Å². The van der Waals surface area contributed by atoms with Crippen molar-refractivity contribution in [1.29, 1.82) is 0 Å². The molecule has 3 N–H and O–H groups in total. The molecule has 0 saturated carbocycles. The van der Waals surface area contributed by atoms with Crippen LogP contribution in [-0.4, -0.2) is 32.5 Å². The van der Waals surface area contributed by atoms with Gasteiger partial charge in [-0.2, -0.15) is 4.98 Å². The lowest BCUT2D eigenvalue weighted by Gasteiger charge is -2.01. The molecule has 0 aliphatic rings. The number of H-pyrrole nitrogens is 1. The highest BCUT2D eigenvalue weighted by Crippen LogP contribution is 2.13. The lowest BCUT2D eigenvalue weighted by Crippen LogP contribution is -2.10. The molecule has 7 heteroatoms. The number of hydrogen-bond donors (Lipinski definition) is 2. The zero-order valence-electron chi connectivity index (χ0n) is 8.02. The van der Waals surface area contributed by atoms with E-state index in [1.54, 1.807) is 6.92 Å². The van der Waals surface area contributed by atoms with Gasteiger partial charge in [0.2, 0.25) is 5.95 Å². The second kappa shape index (κ2) is 3.52. The van der Waals surface area contributed by atoms with E-state index in [2.05, 4.69) is 19.9 Å². The Bertz CT molecular complexity index is 507.